The maximum atomic E-state index is 5.82. The molecule has 72 valence electrons. The van der Waals surface area contributed by atoms with E-state index < -0.39 is 0 Å². The summed E-state index contributed by atoms with van der Waals surface area (Å²) in [6.45, 7) is 6.54. The largest absolute Gasteiger partial charge is 0.328 e. The molecule has 0 heterocycles. The molecule has 0 aromatic heterocycles. The molecule has 1 aromatic carbocycles. The zero-order valence-corrected chi connectivity index (χ0v) is 8.75. The molecule has 1 atom stereocenters. The summed E-state index contributed by atoms with van der Waals surface area (Å²) in [7, 11) is 0. The highest BCUT2D eigenvalue weighted by Gasteiger charge is 2.21. The minimum absolute atomic E-state index is 0.190. The first-order chi connectivity index (χ1) is 6.02. The van der Waals surface area contributed by atoms with Gasteiger partial charge in [-0.1, -0.05) is 44.2 Å². The van der Waals surface area contributed by atoms with Crippen molar-refractivity contribution in [3.63, 3.8) is 0 Å². The zero-order valence-electron chi connectivity index (χ0n) is 8.75. The lowest BCUT2D eigenvalue weighted by atomic mass is 9.79. The second-order valence-electron chi connectivity index (χ2n) is 4.43. The third-order valence-corrected chi connectivity index (χ3v) is 2.39. The van der Waals surface area contributed by atoms with E-state index in [0.29, 0.717) is 0 Å². The highest BCUT2D eigenvalue weighted by molar-refractivity contribution is 5.23. The lowest BCUT2D eigenvalue weighted by Gasteiger charge is -2.27. The van der Waals surface area contributed by atoms with Gasteiger partial charge in [0.2, 0.25) is 0 Å². The van der Waals surface area contributed by atoms with Crippen LogP contribution < -0.4 is 5.73 Å². The molecule has 0 aliphatic carbocycles. The molecule has 0 radical (unpaired) electrons. The highest BCUT2D eigenvalue weighted by Crippen LogP contribution is 2.27. The van der Waals surface area contributed by atoms with Gasteiger partial charge in [-0.15, -0.1) is 0 Å². The van der Waals surface area contributed by atoms with Crippen LogP contribution in [0.15, 0.2) is 30.3 Å². The highest BCUT2D eigenvalue weighted by atomic mass is 14.6. The van der Waals surface area contributed by atoms with Gasteiger partial charge in [0, 0.05) is 6.04 Å². The molecule has 1 aromatic rings. The van der Waals surface area contributed by atoms with Gasteiger partial charge in [0.25, 0.3) is 0 Å². The Morgan fingerprint density at radius 2 is 1.77 bits per heavy atom. The molecular weight excluding hydrogens is 158 g/mol. The van der Waals surface area contributed by atoms with Crippen molar-refractivity contribution < 1.29 is 0 Å². The van der Waals surface area contributed by atoms with E-state index in [2.05, 4.69) is 45.0 Å². The Bertz CT molecular complexity index is 249. The van der Waals surface area contributed by atoms with Crippen molar-refractivity contribution in [2.75, 3.05) is 0 Å². The average Bonchev–Trinajstić information content (AvgIpc) is 2.04. The number of hydrogen-bond donors (Lipinski definition) is 1. The monoisotopic (exact) mass is 177 g/mol. The van der Waals surface area contributed by atoms with Crippen LogP contribution >= 0.6 is 0 Å². The quantitative estimate of drug-likeness (QED) is 0.754. The van der Waals surface area contributed by atoms with Crippen molar-refractivity contribution in [1.82, 2.24) is 0 Å². The molecule has 2 N–H and O–H groups in total. The SMILES string of the molecule is C[C@@H](N)CC(C)(C)c1ccccc1. The van der Waals surface area contributed by atoms with Crippen LogP contribution in [0.25, 0.3) is 0 Å². The van der Waals surface area contributed by atoms with Crippen LogP contribution in [-0.4, -0.2) is 6.04 Å². The molecule has 0 bridgehead atoms. The van der Waals surface area contributed by atoms with E-state index in [0.717, 1.165) is 6.42 Å². The van der Waals surface area contributed by atoms with Crippen LogP contribution in [0.4, 0.5) is 0 Å². The molecule has 1 rings (SSSR count). The number of rotatable bonds is 3. The summed E-state index contributed by atoms with van der Waals surface area (Å²) < 4.78 is 0. The summed E-state index contributed by atoms with van der Waals surface area (Å²) in [6, 6.07) is 10.8. The van der Waals surface area contributed by atoms with Crippen LogP contribution in [-0.2, 0) is 5.41 Å². The molecule has 1 heteroatoms. The van der Waals surface area contributed by atoms with Crippen LogP contribution in [0.1, 0.15) is 32.8 Å². The average molecular weight is 177 g/mol. The third-order valence-electron chi connectivity index (χ3n) is 2.39. The molecule has 0 amide bonds. The first-order valence-corrected chi connectivity index (χ1v) is 4.83. The fourth-order valence-corrected chi connectivity index (χ4v) is 1.81. The normalized spacial score (nSPS) is 14.2. The summed E-state index contributed by atoms with van der Waals surface area (Å²) in [5.41, 5.74) is 7.37. The van der Waals surface area contributed by atoms with Crippen molar-refractivity contribution >= 4 is 0 Å². The van der Waals surface area contributed by atoms with E-state index in [9.17, 15) is 0 Å². The van der Waals surface area contributed by atoms with Gasteiger partial charge in [0.15, 0.2) is 0 Å². The fraction of sp³-hybridized carbons (Fsp3) is 0.500. The van der Waals surface area contributed by atoms with Crippen molar-refractivity contribution in [2.24, 2.45) is 5.73 Å². The lowest BCUT2D eigenvalue weighted by Crippen LogP contribution is -2.28. The van der Waals surface area contributed by atoms with Crippen molar-refractivity contribution in [2.45, 2.75) is 38.6 Å². The molecule has 0 saturated carbocycles. The number of benzene rings is 1. The second kappa shape index (κ2) is 3.93. The standard InChI is InChI=1S/C12H19N/c1-10(13)9-12(2,3)11-7-5-4-6-8-11/h4-8,10H,9,13H2,1-3H3/t10-/m1/s1. The number of hydrogen-bond acceptors (Lipinski definition) is 1. The van der Waals surface area contributed by atoms with Gasteiger partial charge in [-0.2, -0.15) is 0 Å². The van der Waals surface area contributed by atoms with Crippen molar-refractivity contribution in [3.8, 4) is 0 Å². The van der Waals surface area contributed by atoms with Crippen LogP contribution in [0.5, 0.6) is 0 Å². The van der Waals surface area contributed by atoms with Gasteiger partial charge < -0.3 is 5.73 Å². The van der Waals surface area contributed by atoms with E-state index in [1.165, 1.54) is 5.56 Å². The van der Waals surface area contributed by atoms with Gasteiger partial charge in [-0.05, 0) is 24.3 Å². The summed E-state index contributed by atoms with van der Waals surface area (Å²) >= 11 is 0. The Hall–Kier alpha value is -0.820. The van der Waals surface area contributed by atoms with E-state index >= 15 is 0 Å². The Labute approximate surface area is 81.0 Å². The van der Waals surface area contributed by atoms with Crippen LogP contribution in [0.3, 0.4) is 0 Å². The summed E-state index contributed by atoms with van der Waals surface area (Å²) in [4.78, 5) is 0. The zero-order chi connectivity index (χ0) is 9.90. The van der Waals surface area contributed by atoms with Crippen LogP contribution in [0, 0.1) is 0 Å². The van der Waals surface area contributed by atoms with Crippen molar-refractivity contribution in [3.05, 3.63) is 35.9 Å². The molecule has 0 saturated heterocycles. The Kier molecular flexibility index (Phi) is 3.10. The Morgan fingerprint density at radius 1 is 1.23 bits per heavy atom. The van der Waals surface area contributed by atoms with Crippen molar-refractivity contribution in [1.29, 1.82) is 0 Å². The van der Waals surface area contributed by atoms with Gasteiger partial charge in [0.05, 0.1) is 0 Å². The molecule has 0 fully saturated rings. The lowest BCUT2D eigenvalue weighted by molar-refractivity contribution is 0.437. The second-order valence-corrected chi connectivity index (χ2v) is 4.43. The van der Waals surface area contributed by atoms with E-state index in [4.69, 9.17) is 5.73 Å². The topological polar surface area (TPSA) is 26.0 Å². The Morgan fingerprint density at radius 3 is 2.23 bits per heavy atom. The fourth-order valence-electron chi connectivity index (χ4n) is 1.81. The maximum Gasteiger partial charge on any atom is 0.00187 e. The minimum Gasteiger partial charge on any atom is -0.328 e. The summed E-state index contributed by atoms with van der Waals surface area (Å²) in [6.07, 6.45) is 1.02. The first kappa shape index (κ1) is 10.3. The summed E-state index contributed by atoms with van der Waals surface area (Å²) in [5, 5.41) is 0. The molecular formula is C12H19N. The predicted molar refractivity (Wildman–Crippen MR) is 57.7 cm³/mol. The van der Waals surface area contributed by atoms with E-state index in [1.54, 1.807) is 0 Å². The third kappa shape index (κ3) is 2.85. The van der Waals surface area contributed by atoms with Gasteiger partial charge in [0.1, 0.15) is 0 Å². The predicted octanol–water partition coefficient (Wildman–Crippen LogP) is 2.70. The molecule has 0 spiro atoms. The van der Waals surface area contributed by atoms with Gasteiger partial charge in [-0.3, -0.25) is 0 Å². The smallest absolute Gasteiger partial charge is 0.00187 e. The molecule has 0 aliphatic heterocycles. The maximum absolute atomic E-state index is 5.82. The van der Waals surface area contributed by atoms with E-state index in [1.807, 2.05) is 6.07 Å². The van der Waals surface area contributed by atoms with Gasteiger partial charge in [-0.25, -0.2) is 0 Å². The van der Waals surface area contributed by atoms with Crippen LogP contribution in [0.2, 0.25) is 0 Å². The molecule has 0 aliphatic rings. The summed E-state index contributed by atoms with van der Waals surface area (Å²) in [5.74, 6) is 0. The number of nitrogens with two attached hydrogens (primary N) is 1. The van der Waals surface area contributed by atoms with E-state index in [-0.39, 0.29) is 11.5 Å². The first-order valence-electron chi connectivity index (χ1n) is 4.83. The molecule has 0 unspecified atom stereocenters. The molecule has 13 heavy (non-hydrogen) atoms. The Balaban J connectivity index is 2.81. The molecule has 1 nitrogen and oxygen atoms in total. The minimum atomic E-state index is 0.190. The van der Waals surface area contributed by atoms with Gasteiger partial charge >= 0.3 is 0 Å².